The van der Waals surface area contributed by atoms with Gasteiger partial charge < -0.3 is 15.2 Å². The first-order valence-corrected chi connectivity index (χ1v) is 7.00. The van der Waals surface area contributed by atoms with Crippen LogP contribution in [-0.4, -0.2) is 40.2 Å². The molecule has 0 bridgehead atoms. The van der Waals surface area contributed by atoms with Gasteiger partial charge in [0.25, 0.3) is 0 Å². The molecule has 1 aliphatic rings. The van der Waals surface area contributed by atoms with Crippen molar-refractivity contribution in [3.05, 3.63) is 11.7 Å². The molecule has 18 heavy (non-hydrogen) atoms. The van der Waals surface area contributed by atoms with E-state index in [0.29, 0.717) is 12.5 Å². The van der Waals surface area contributed by atoms with Crippen LogP contribution < -0.4 is 5.73 Å². The molecule has 0 radical (unpaired) electrons. The smallest absolute Gasteiger partial charge is 0.228 e. The fourth-order valence-corrected chi connectivity index (χ4v) is 2.65. The monoisotopic (exact) mass is 252 g/mol. The van der Waals surface area contributed by atoms with Gasteiger partial charge in [0.05, 0.1) is 0 Å². The van der Waals surface area contributed by atoms with Crippen LogP contribution in [0.5, 0.6) is 0 Å². The van der Waals surface area contributed by atoms with Crippen LogP contribution in [0, 0.1) is 0 Å². The third kappa shape index (κ3) is 3.53. The lowest BCUT2D eigenvalue weighted by atomic mass is 9.99. The molecular weight excluding hydrogens is 228 g/mol. The molecule has 1 aromatic heterocycles. The predicted octanol–water partition coefficient (Wildman–Crippen LogP) is 1.38. The van der Waals surface area contributed by atoms with E-state index in [-0.39, 0.29) is 6.04 Å². The van der Waals surface area contributed by atoms with Crippen molar-refractivity contribution in [3.63, 3.8) is 0 Å². The highest BCUT2D eigenvalue weighted by molar-refractivity contribution is 4.92. The van der Waals surface area contributed by atoms with Gasteiger partial charge in [-0.15, -0.1) is 0 Å². The highest BCUT2D eigenvalue weighted by Crippen LogP contribution is 2.19. The molecule has 0 aliphatic carbocycles. The second-order valence-corrected chi connectivity index (χ2v) is 5.27. The van der Waals surface area contributed by atoms with Crippen molar-refractivity contribution in [3.8, 4) is 0 Å². The van der Waals surface area contributed by atoms with Crippen LogP contribution in [-0.2, 0) is 12.8 Å². The first-order valence-electron chi connectivity index (χ1n) is 7.00. The Labute approximate surface area is 109 Å². The van der Waals surface area contributed by atoms with E-state index in [2.05, 4.69) is 22.0 Å². The largest absolute Gasteiger partial charge is 0.339 e. The Morgan fingerprint density at radius 1 is 1.50 bits per heavy atom. The summed E-state index contributed by atoms with van der Waals surface area (Å²) in [6.45, 7) is 6.47. The van der Waals surface area contributed by atoms with Gasteiger partial charge in [0.1, 0.15) is 0 Å². The summed E-state index contributed by atoms with van der Waals surface area (Å²) in [6.07, 6.45) is 5.41. The number of likely N-dealkylation sites (N-methyl/N-ethyl adjacent to an activating group) is 1. The van der Waals surface area contributed by atoms with E-state index < -0.39 is 0 Å². The summed E-state index contributed by atoms with van der Waals surface area (Å²) in [7, 11) is 0. The Balaban J connectivity index is 1.93. The van der Waals surface area contributed by atoms with Gasteiger partial charge in [0.15, 0.2) is 5.82 Å². The van der Waals surface area contributed by atoms with E-state index in [1.165, 1.54) is 25.8 Å². The highest BCUT2D eigenvalue weighted by atomic mass is 16.5. The Hall–Kier alpha value is -0.940. The van der Waals surface area contributed by atoms with Crippen molar-refractivity contribution in [1.29, 1.82) is 0 Å². The summed E-state index contributed by atoms with van der Waals surface area (Å²) in [6, 6.07) is 0.643. The number of hydrogen-bond acceptors (Lipinski definition) is 5. The summed E-state index contributed by atoms with van der Waals surface area (Å²) in [5, 5.41) is 3.99. The van der Waals surface area contributed by atoms with Crippen molar-refractivity contribution in [2.24, 2.45) is 5.73 Å². The molecule has 0 amide bonds. The van der Waals surface area contributed by atoms with E-state index in [4.69, 9.17) is 10.3 Å². The molecule has 5 heteroatoms. The molecule has 2 unspecified atom stereocenters. The second-order valence-electron chi connectivity index (χ2n) is 5.27. The van der Waals surface area contributed by atoms with Crippen molar-refractivity contribution in [2.75, 3.05) is 13.1 Å². The number of nitrogens with zero attached hydrogens (tertiary/aromatic N) is 3. The molecule has 1 fully saturated rings. The molecule has 1 saturated heterocycles. The van der Waals surface area contributed by atoms with Crippen LogP contribution in [0.25, 0.3) is 0 Å². The molecule has 2 N–H and O–H groups in total. The Morgan fingerprint density at radius 2 is 2.33 bits per heavy atom. The summed E-state index contributed by atoms with van der Waals surface area (Å²) in [4.78, 5) is 6.94. The van der Waals surface area contributed by atoms with Crippen molar-refractivity contribution in [2.45, 2.75) is 58.0 Å². The molecule has 0 spiro atoms. The number of rotatable bonds is 5. The van der Waals surface area contributed by atoms with E-state index in [0.717, 1.165) is 24.7 Å². The van der Waals surface area contributed by atoms with E-state index >= 15 is 0 Å². The average molecular weight is 252 g/mol. The molecule has 2 atom stereocenters. The van der Waals surface area contributed by atoms with Gasteiger partial charge in [0.2, 0.25) is 5.89 Å². The maximum Gasteiger partial charge on any atom is 0.228 e. The lowest BCUT2D eigenvalue weighted by Gasteiger charge is -2.33. The summed E-state index contributed by atoms with van der Waals surface area (Å²) < 4.78 is 5.32. The minimum atomic E-state index is 0.0808. The van der Waals surface area contributed by atoms with Gasteiger partial charge in [-0.05, 0) is 32.9 Å². The highest BCUT2D eigenvalue weighted by Gasteiger charge is 2.23. The molecule has 2 rings (SSSR count). The van der Waals surface area contributed by atoms with Gasteiger partial charge >= 0.3 is 0 Å². The normalized spacial score (nSPS) is 23.2. The van der Waals surface area contributed by atoms with Crippen LogP contribution in [0.4, 0.5) is 0 Å². The van der Waals surface area contributed by atoms with Crippen LogP contribution in [0.15, 0.2) is 4.52 Å². The van der Waals surface area contributed by atoms with Crippen molar-refractivity contribution < 1.29 is 4.52 Å². The molecule has 0 saturated carbocycles. The summed E-state index contributed by atoms with van der Waals surface area (Å²) in [5.74, 6) is 1.50. The molecule has 1 aromatic rings. The Bertz CT molecular complexity index is 364. The maximum absolute atomic E-state index is 5.73. The molecule has 1 aliphatic heterocycles. The topological polar surface area (TPSA) is 68.2 Å². The molecular formula is C13H24N4O. The first-order chi connectivity index (χ1) is 8.69. The quantitative estimate of drug-likeness (QED) is 0.857. The minimum Gasteiger partial charge on any atom is -0.339 e. The van der Waals surface area contributed by atoms with E-state index in [9.17, 15) is 0 Å². The molecule has 2 heterocycles. The number of hydrogen-bond donors (Lipinski definition) is 1. The number of aromatic nitrogens is 2. The van der Waals surface area contributed by atoms with Gasteiger partial charge in [-0.25, -0.2) is 0 Å². The van der Waals surface area contributed by atoms with Gasteiger partial charge in [-0.3, -0.25) is 0 Å². The SMILES string of the molecule is CCN1CCCCC1Cc1nc(CC(C)N)no1. The Kier molecular flexibility index (Phi) is 4.72. The number of nitrogens with two attached hydrogens (primary N) is 1. The Morgan fingerprint density at radius 3 is 3.06 bits per heavy atom. The predicted molar refractivity (Wildman–Crippen MR) is 70.2 cm³/mol. The number of likely N-dealkylation sites (tertiary alicyclic amines) is 1. The second kappa shape index (κ2) is 6.29. The van der Waals surface area contributed by atoms with Crippen LogP contribution in [0.1, 0.15) is 44.8 Å². The fraction of sp³-hybridized carbons (Fsp3) is 0.846. The van der Waals surface area contributed by atoms with Crippen LogP contribution >= 0.6 is 0 Å². The van der Waals surface area contributed by atoms with E-state index in [1.807, 2.05) is 6.92 Å². The lowest BCUT2D eigenvalue weighted by molar-refractivity contribution is 0.146. The zero-order valence-electron chi connectivity index (χ0n) is 11.4. The van der Waals surface area contributed by atoms with Crippen LogP contribution in [0.2, 0.25) is 0 Å². The molecule has 0 aromatic carbocycles. The van der Waals surface area contributed by atoms with Crippen molar-refractivity contribution >= 4 is 0 Å². The zero-order chi connectivity index (χ0) is 13.0. The minimum absolute atomic E-state index is 0.0808. The average Bonchev–Trinajstić information content (AvgIpc) is 2.76. The summed E-state index contributed by atoms with van der Waals surface area (Å²) >= 11 is 0. The zero-order valence-corrected chi connectivity index (χ0v) is 11.4. The summed E-state index contributed by atoms with van der Waals surface area (Å²) in [5.41, 5.74) is 5.73. The first kappa shape index (κ1) is 13.5. The standard InChI is InChI=1S/C13H24N4O/c1-3-17-7-5-4-6-11(17)9-13-15-12(16-18-13)8-10(2)14/h10-11H,3-9,14H2,1-2H3. The maximum atomic E-state index is 5.73. The molecule has 102 valence electrons. The van der Waals surface area contributed by atoms with Gasteiger partial charge in [-0.2, -0.15) is 4.98 Å². The fourth-order valence-electron chi connectivity index (χ4n) is 2.65. The van der Waals surface area contributed by atoms with Crippen molar-refractivity contribution in [1.82, 2.24) is 15.0 Å². The number of piperidine rings is 1. The molecule has 5 nitrogen and oxygen atoms in total. The third-order valence-electron chi connectivity index (χ3n) is 3.58. The van der Waals surface area contributed by atoms with E-state index in [1.54, 1.807) is 0 Å². The van der Waals surface area contributed by atoms with Gasteiger partial charge in [0, 0.05) is 24.9 Å². The third-order valence-corrected chi connectivity index (χ3v) is 3.58. The lowest BCUT2D eigenvalue weighted by Crippen LogP contribution is -2.40. The van der Waals surface area contributed by atoms with Gasteiger partial charge in [-0.1, -0.05) is 18.5 Å². The van der Waals surface area contributed by atoms with Crippen LogP contribution in [0.3, 0.4) is 0 Å².